The highest BCUT2D eigenvalue weighted by Crippen LogP contribution is 2.13. The molecular weight excluding hydrogens is 167 g/mol. The molecule has 0 amide bonds. The molecule has 0 bridgehead atoms. The number of hydrogen-bond donors (Lipinski definition) is 0. The van der Waals surface area contributed by atoms with E-state index >= 15 is 0 Å². The average molecular weight is 194 g/mol. The van der Waals surface area contributed by atoms with Crippen molar-refractivity contribution in [1.82, 2.24) is 0 Å². The highest BCUT2D eigenvalue weighted by atomic mass is 14.0. The fraction of sp³-hybridized carbons (Fsp3) is 1.00. The molecule has 2 radical (unpaired) electrons. The van der Waals surface area contributed by atoms with Crippen LogP contribution in [0.25, 0.3) is 0 Å². The van der Waals surface area contributed by atoms with Crippen LogP contribution in [0.4, 0.5) is 0 Å². The van der Waals surface area contributed by atoms with E-state index in [0.29, 0.717) is 5.82 Å². The van der Waals surface area contributed by atoms with Crippen LogP contribution in [0, 0.1) is 0 Å². The van der Waals surface area contributed by atoms with E-state index in [1.807, 2.05) is 0 Å². The Balaban J connectivity index is 2.85. The van der Waals surface area contributed by atoms with Gasteiger partial charge in [-0.15, -0.1) is 0 Å². The van der Waals surface area contributed by atoms with Crippen molar-refractivity contribution in [1.29, 1.82) is 0 Å². The third-order valence-electron chi connectivity index (χ3n) is 2.76. The van der Waals surface area contributed by atoms with E-state index in [9.17, 15) is 0 Å². The van der Waals surface area contributed by atoms with Crippen molar-refractivity contribution in [3.63, 3.8) is 0 Å². The molecule has 0 fully saturated rings. The molecule has 0 saturated carbocycles. The van der Waals surface area contributed by atoms with Gasteiger partial charge in [-0.25, -0.2) is 0 Å². The van der Waals surface area contributed by atoms with Gasteiger partial charge in [-0.1, -0.05) is 83.9 Å². The van der Waals surface area contributed by atoms with Gasteiger partial charge in [-0.2, -0.15) is 0 Å². The third-order valence-corrected chi connectivity index (χ3v) is 2.76. The summed E-state index contributed by atoms with van der Waals surface area (Å²) >= 11 is 0. The SMILES string of the molecule is [B]C(C)CCCCCCCCCCC. The summed E-state index contributed by atoms with van der Waals surface area (Å²) in [5, 5.41) is 0. The van der Waals surface area contributed by atoms with E-state index < -0.39 is 0 Å². The molecule has 0 aliphatic rings. The molecule has 0 aromatic rings. The van der Waals surface area contributed by atoms with Gasteiger partial charge in [-0.3, -0.25) is 0 Å². The second-order valence-electron chi connectivity index (χ2n) is 4.59. The first-order chi connectivity index (χ1) is 6.77. The molecule has 0 aliphatic heterocycles. The Morgan fingerprint density at radius 1 is 0.786 bits per heavy atom. The molecule has 0 rings (SSSR count). The molecule has 82 valence electrons. The minimum atomic E-state index is 0.402. The first-order valence-electron chi connectivity index (χ1n) is 6.53. The van der Waals surface area contributed by atoms with Gasteiger partial charge in [0, 0.05) is 0 Å². The van der Waals surface area contributed by atoms with Crippen LogP contribution >= 0.6 is 0 Å². The van der Waals surface area contributed by atoms with E-state index in [0.717, 1.165) is 0 Å². The molecule has 0 saturated heterocycles. The predicted molar refractivity (Wildman–Crippen MR) is 67.0 cm³/mol. The summed E-state index contributed by atoms with van der Waals surface area (Å²) in [5.74, 6) is 0.402. The van der Waals surface area contributed by atoms with Gasteiger partial charge >= 0.3 is 0 Å². The van der Waals surface area contributed by atoms with Crippen molar-refractivity contribution in [2.24, 2.45) is 0 Å². The Morgan fingerprint density at radius 2 is 1.21 bits per heavy atom. The molecule has 14 heavy (non-hydrogen) atoms. The average Bonchev–Trinajstić information content (AvgIpc) is 2.15. The molecular formula is C13H27B. The minimum absolute atomic E-state index is 0.402. The summed E-state index contributed by atoms with van der Waals surface area (Å²) in [6.07, 6.45) is 13.9. The van der Waals surface area contributed by atoms with Crippen molar-refractivity contribution in [2.75, 3.05) is 0 Å². The number of hydrogen-bond acceptors (Lipinski definition) is 0. The van der Waals surface area contributed by atoms with Crippen LogP contribution in [0.15, 0.2) is 0 Å². The fourth-order valence-corrected chi connectivity index (χ4v) is 1.78. The molecule has 0 spiro atoms. The largest absolute Gasteiger partial charge is 0.0802 e. The van der Waals surface area contributed by atoms with E-state index in [1.165, 1.54) is 64.2 Å². The predicted octanol–water partition coefficient (Wildman–Crippen LogP) is 4.88. The van der Waals surface area contributed by atoms with Crippen LogP contribution in [0.1, 0.15) is 78.1 Å². The summed E-state index contributed by atoms with van der Waals surface area (Å²) in [6, 6.07) is 0. The molecule has 1 unspecified atom stereocenters. The smallest absolute Gasteiger partial charge is 0.0695 e. The quantitative estimate of drug-likeness (QED) is 0.343. The zero-order valence-corrected chi connectivity index (χ0v) is 10.2. The summed E-state index contributed by atoms with van der Waals surface area (Å²) in [6.45, 7) is 4.37. The Morgan fingerprint density at radius 3 is 1.64 bits per heavy atom. The zero-order chi connectivity index (χ0) is 10.6. The fourth-order valence-electron chi connectivity index (χ4n) is 1.78. The molecule has 0 nitrogen and oxygen atoms in total. The highest BCUT2D eigenvalue weighted by molar-refractivity contribution is 6.11. The number of rotatable bonds is 10. The topological polar surface area (TPSA) is 0 Å². The van der Waals surface area contributed by atoms with Crippen LogP contribution in [0.3, 0.4) is 0 Å². The standard InChI is InChI=1S/C13H27B/c1-3-4-5-6-7-8-9-10-11-12-13(2)14/h13H,3-12H2,1-2H3. The van der Waals surface area contributed by atoms with Gasteiger partial charge in [-0.05, 0) is 0 Å². The lowest BCUT2D eigenvalue weighted by Crippen LogP contribution is -1.86. The molecule has 0 aromatic carbocycles. The first-order valence-corrected chi connectivity index (χ1v) is 6.53. The lowest BCUT2D eigenvalue weighted by molar-refractivity contribution is 0.554. The van der Waals surface area contributed by atoms with Crippen LogP contribution in [-0.4, -0.2) is 7.85 Å². The molecule has 0 N–H and O–H groups in total. The first kappa shape index (κ1) is 14.1. The number of unbranched alkanes of at least 4 members (excludes halogenated alkanes) is 8. The monoisotopic (exact) mass is 194 g/mol. The van der Waals surface area contributed by atoms with E-state index in [4.69, 9.17) is 7.85 Å². The van der Waals surface area contributed by atoms with Crippen molar-refractivity contribution < 1.29 is 0 Å². The van der Waals surface area contributed by atoms with Crippen LogP contribution in [-0.2, 0) is 0 Å². The minimum Gasteiger partial charge on any atom is -0.0802 e. The van der Waals surface area contributed by atoms with Crippen molar-refractivity contribution >= 4 is 7.85 Å². The summed E-state index contributed by atoms with van der Waals surface area (Å²) in [7, 11) is 5.69. The summed E-state index contributed by atoms with van der Waals surface area (Å²) in [4.78, 5) is 0. The van der Waals surface area contributed by atoms with Crippen LogP contribution in [0.2, 0.25) is 5.82 Å². The Kier molecular flexibility index (Phi) is 11.2. The van der Waals surface area contributed by atoms with Gasteiger partial charge in [0.25, 0.3) is 0 Å². The van der Waals surface area contributed by atoms with E-state index in [-0.39, 0.29) is 0 Å². The van der Waals surface area contributed by atoms with Gasteiger partial charge in [0.1, 0.15) is 0 Å². The molecule has 0 heterocycles. The van der Waals surface area contributed by atoms with Gasteiger partial charge < -0.3 is 0 Å². The van der Waals surface area contributed by atoms with Crippen LogP contribution in [0.5, 0.6) is 0 Å². The van der Waals surface area contributed by atoms with Crippen molar-refractivity contribution in [3.05, 3.63) is 0 Å². The molecule has 0 aliphatic carbocycles. The lowest BCUT2D eigenvalue weighted by atomic mass is 9.85. The summed E-state index contributed by atoms with van der Waals surface area (Å²) in [5.41, 5.74) is 0. The van der Waals surface area contributed by atoms with Gasteiger partial charge in [0.2, 0.25) is 0 Å². The van der Waals surface area contributed by atoms with Crippen molar-refractivity contribution in [3.8, 4) is 0 Å². The molecule has 1 heteroatoms. The van der Waals surface area contributed by atoms with E-state index in [2.05, 4.69) is 13.8 Å². The Labute approximate surface area is 92.3 Å². The van der Waals surface area contributed by atoms with Crippen molar-refractivity contribution in [2.45, 2.75) is 83.9 Å². The maximum absolute atomic E-state index is 5.69. The molecule has 1 atom stereocenters. The maximum Gasteiger partial charge on any atom is 0.0695 e. The second-order valence-corrected chi connectivity index (χ2v) is 4.59. The Hall–Kier alpha value is 0.0649. The van der Waals surface area contributed by atoms with Crippen LogP contribution < -0.4 is 0 Å². The maximum atomic E-state index is 5.69. The molecule has 0 aromatic heterocycles. The van der Waals surface area contributed by atoms with Gasteiger partial charge in [0.05, 0.1) is 7.85 Å². The zero-order valence-electron chi connectivity index (χ0n) is 10.2. The normalized spacial score (nSPS) is 13.0. The third kappa shape index (κ3) is 12.1. The second kappa shape index (κ2) is 11.1. The lowest BCUT2D eigenvalue weighted by Gasteiger charge is -2.04. The Bertz CT molecular complexity index is 99.4. The van der Waals surface area contributed by atoms with Gasteiger partial charge in [0.15, 0.2) is 0 Å². The van der Waals surface area contributed by atoms with E-state index in [1.54, 1.807) is 0 Å². The summed E-state index contributed by atoms with van der Waals surface area (Å²) < 4.78 is 0. The highest BCUT2D eigenvalue weighted by Gasteiger charge is 1.94.